The van der Waals surface area contributed by atoms with Gasteiger partial charge in [-0.05, 0) is 24.1 Å². The molecule has 0 saturated carbocycles. The lowest BCUT2D eigenvalue weighted by atomic mass is 10.0. The molecule has 0 N–H and O–H groups in total. The van der Waals surface area contributed by atoms with Gasteiger partial charge in [0.2, 0.25) is 0 Å². The predicted octanol–water partition coefficient (Wildman–Crippen LogP) is 3.31. The molecular weight excluding hydrogens is 311 g/mol. The molecule has 0 aliphatic heterocycles. The van der Waals surface area contributed by atoms with Crippen LogP contribution in [-0.2, 0) is 19.9 Å². The summed E-state index contributed by atoms with van der Waals surface area (Å²) in [7, 11) is 1.77. The molecule has 1 aromatic heterocycles. The maximum absolute atomic E-state index is 13.7. The molecule has 0 saturated heterocycles. The van der Waals surface area contributed by atoms with E-state index in [1.54, 1.807) is 30.1 Å². The predicted molar refractivity (Wildman–Crippen MR) is 74.7 cm³/mol. The van der Waals surface area contributed by atoms with E-state index < -0.39 is 0 Å². The van der Waals surface area contributed by atoms with Crippen LogP contribution in [0.1, 0.15) is 28.5 Å². The fourth-order valence-corrected chi connectivity index (χ4v) is 2.29. The third kappa shape index (κ3) is 3.10. The molecule has 0 spiro atoms. The van der Waals surface area contributed by atoms with Crippen molar-refractivity contribution in [3.63, 3.8) is 0 Å². The Bertz CT molecular complexity index is 622. The van der Waals surface area contributed by atoms with E-state index in [-0.39, 0.29) is 18.0 Å². The van der Waals surface area contributed by atoms with E-state index in [1.165, 1.54) is 6.07 Å². The molecule has 0 aliphatic rings. The minimum absolute atomic E-state index is 0.0534. The van der Waals surface area contributed by atoms with Gasteiger partial charge in [-0.1, -0.05) is 28.9 Å². The van der Waals surface area contributed by atoms with E-state index in [0.29, 0.717) is 22.0 Å². The van der Waals surface area contributed by atoms with Crippen molar-refractivity contribution in [3.05, 3.63) is 51.5 Å². The summed E-state index contributed by atoms with van der Waals surface area (Å²) < 4.78 is 16.0. The van der Waals surface area contributed by atoms with Crippen LogP contribution in [0, 0.1) is 5.82 Å². The van der Waals surface area contributed by atoms with Crippen LogP contribution in [0.15, 0.2) is 28.9 Å². The van der Waals surface area contributed by atoms with Crippen LogP contribution in [0.2, 0.25) is 0 Å². The molecule has 19 heavy (non-hydrogen) atoms. The highest BCUT2D eigenvalue weighted by molar-refractivity contribution is 9.10. The number of Topliss-reactive ketones (excluding diaryl/α,β-unsaturated/α-hetero) is 1. The van der Waals surface area contributed by atoms with Crippen molar-refractivity contribution in [3.8, 4) is 0 Å². The summed E-state index contributed by atoms with van der Waals surface area (Å²) in [5.74, 6) is -0.476. The minimum atomic E-state index is -0.371. The number of hydrogen-bond acceptors (Lipinski definition) is 2. The van der Waals surface area contributed by atoms with Crippen LogP contribution in [-0.4, -0.2) is 15.6 Å². The van der Waals surface area contributed by atoms with Crippen LogP contribution in [0.3, 0.4) is 0 Å². The first-order valence-corrected chi connectivity index (χ1v) is 6.80. The summed E-state index contributed by atoms with van der Waals surface area (Å²) in [5.41, 5.74) is 1.73. The molecule has 3 nitrogen and oxygen atoms in total. The molecule has 0 bridgehead atoms. The fourth-order valence-electron chi connectivity index (χ4n) is 1.96. The maximum Gasteiger partial charge on any atom is 0.170 e. The van der Waals surface area contributed by atoms with Gasteiger partial charge < -0.3 is 0 Å². The van der Waals surface area contributed by atoms with Gasteiger partial charge in [0.25, 0.3) is 0 Å². The minimum Gasteiger partial charge on any atom is -0.294 e. The third-order valence-electron chi connectivity index (χ3n) is 2.91. The Hall–Kier alpha value is -1.49. The SMILES string of the molecule is CCc1nn(C)cc1C(=O)Cc1ccc(Br)cc1F. The van der Waals surface area contributed by atoms with Gasteiger partial charge in [-0.2, -0.15) is 5.10 Å². The number of rotatable bonds is 4. The summed E-state index contributed by atoms with van der Waals surface area (Å²) in [6.07, 6.45) is 2.43. The first-order chi connectivity index (χ1) is 9.01. The number of benzene rings is 1. The van der Waals surface area contributed by atoms with Crippen LogP contribution >= 0.6 is 15.9 Å². The zero-order chi connectivity index (χ0) is 14.0. The summed E-state index contributed by atoms with van der Waals surface area (Å²) in [4.78, 5) is 12.2. The maximum atomic E-state index is 13.7. The van der Waals surface area contributed by atoms with E-state index in [4.69, 9.17) is 0 Å². The topological polar surface area (TPSA) is 34.9 Å². The summed E-state index contributed by atoms with van der Waals surface area (Å²) in [5, 5.41) is 4.22. The van der Waals surface area contributed by atoms with Crippen molar-refractivity contribution in [1.29, 1.82) is 0 Å². The Morgan fingerprint density at radius 1 is 1.47 bits per heavy atom. The van der Waals surface area contributed by atoms with Crippen LogP contribution in [0.4, 0.5) is 4.39 Å². The zero-order valence-electron chi connectivity index (χ0n) is 10.8. The molecule has 2 aromatic rings. The molecule has 5 heteroatoms. The molecular formula is C14H14BrFN2O. The van der Waals surface area contributed by atoms with Gasteiger partial charge >= 0.3 is 0 Å². The molecule has 2 rings (SSSR count). The Kier molecular flexibility index (Phi) is 4.14. The highest BCUT2D eigenvalue weighted by Crippen LogP contribution is 2.18. The van der Waals surface area contributed by atoms with Gasteiger partial charge in [-0.25, -0.2) is 4.39 Å². The molecule has 0 unspecified atom stereocenters. The van der Waals surface area contributed by atoms with Gasteiger partial charge in [0, 0.05) is 24.1 Å². The van der Waals surface area contributed by atoms with Crippen LogP contribution in [0.25, 0.3) is 0 Å². The number of carbonyl (C=O) groups excluding carboxylic acids is 1. The number of halogens is 2. The fraction of sp³-hybridized carbons (Fsp3) is 0.286. The summed E-state index contributed by atoms with van der Waals surface area (Å²) in [6.45, 7) is 1.94. The first kappa shape index (κ1) is 13.9. The van der Waals surface area contributed by atoms with E-state index in [2.05, 4.69) is 21.0 Å². The normalized spacial score (nSPS) is 10.7. The number of ketones is 1. The van der Waals surface area contributed by atoms with Crippen LogP contribution in [0.5, 0.6) is 0 Å². The molecule has 0 fully saturated rings. The number of aryl methyl sites for hydroxylation is 2. The molecule has 0 atom stereocenters. The van der Waals surface area contributed by atoms with Crippen molar-refractivity contribution in [1.82, 2.24) is 9.78 Å². The average Bonchev–Trinajstić information content (AvgIpc) is 2.74. The Morgan fingerprint density at radius 2 is 2.21 bits per heavy atom. The van der Waals surface area contributed by atoms with Crippen molar-refractivity contribution in [2.75, 3.05) is 0 Å². The van der Waals surface area contributed by atoms with E-state index >= 15 is 0 Å². The molecule has 1 heterocycles. The Morgan fingerprint density at radius 3 is 2.84 bits per heavy atom. The van der Waals surface area contributed by atoms with Gasteiger partial charge in [0.1, 0.15) is 5.82 Å². The molecule has 1 aromatic carbocycles. The van der Waals surface area contributed by atoms with Gasteiger partial charge in [-0.3, -0.25) is 9.48 Å². The highest BCUT2D eigenvalue weighted by Gasteiger charge is 2.16. The lowest BCUT2D eigenvalue weighted by Gasteiger charge is -2.03. The summed E-state index contributed by atoms with van der Waals surface area (Å²) >= 11 is 3.20. The third-order valence-corrected chi connectivity index (χ3v) is 3.40. The Balaban J connectivity index is 2.25. The lowest BCUT2D eigenvalue weighted by Crippen LogP contribution is -2.06. The quantitative estimate of drug-likeness (QED) is 0.809. The number of nitrogens with zero attached hydrogens (tertiary/aromatic N) is 2. The van der Waals surface area contributed by atoms with Crippen molar-refractivity contribution >= 4 is 21.7 Å². The van der Waals surface area contributed by atoms with E-state index in [0.717, 1.165) is 5.69 Å². The van der Waals surface area contributed by atoms with E-state index in [1.807, 2.05) is 6.92 Å². The second-order valence-corrected chi connectivity index (χ2v) is 5.27. The first-order valence-electron chi connectivity index (χ1n) is 6.01. The molecule has 0 radical (unpaired) electrons. The zero-order valence-corrected chi connectivity index (χ0v) is 12.4. The van der Waals surface area contributed by atoms with Gasteiger partial charge in [-0.15, -0.1) is 0 Å². The number of hydrogen-bond donors (Lipinski definition) is 0. The van der Waals surface area contributed by atoms with Crippen molar-refractivity contribution in [2.24, 2.45) is 7.05 Å². The molecule has 100 valence electrons. The van der Waals surface area contributed by atoms with Gasteiger partial charge in [0.15, 0.2) is 5.78 Å². The second-order valence-electron chi connectivity index (χ2n) is 4.35. The monoisotopic (exact) mass is 324 g/mol. The van der Waals surface area contributed by atoms with E-state index in [9.17, 15) is 9.18 Å². The lowest BCUT2D eigenvalue weighted by molar-refractivity contribution is 0.0991. The smallest absolute Gasteiger partial charge is 0.170 e. The summed E-state index contributed by atoms with van der Waals surface area (Å²) in [6, 6.07) is 4.72. The number of aromatic nitrogens is 2. The van der Waals surface area contributed by atoms with Crippen LogP contribution < -0.4 is 0 Å². The average molecular weight is 325 g/mol. The standard InChI is InChI=1S/C14H14BrFN2O/c1-3-13-11(8-18(2)17-13)14(19)6-9-4-5-10(15)7-12(9)16/h4-5,7-8H,3,6H2,1-2H3. The van der Waals surface area contributed by atoms with Crippen molar-refractivity contribution in [2.45, 2.75) is 19.8 Å². The second kappa shape index (κ2) is 5.65. The van der Waals surface area contributed by atoms with Crippen molar-refractivity contribution < 1.29 is 9.18 Å². The van der Waals surface area contributed by atoms with Gasteiger partial charge in [0.05, 0.1) is 11.3 Å². The molecule has 0 amide bonds. The Labute approximate surface area is 119 Å². The highest BCUT2D eigenvalue weighted by atomic mass is 79.9. The number of carbonyl (C=O) groups is 1. The largest absolute Gasteiger partial charge is 0.294 e. The molecule has 0 aliphatic carbocycles.